The topological polar surface area (TPSA) is 43.4 Å². The van der Waals surface area contributed by atoms with E-state index in [1.165, 1.54) is 32.1 Å². The van der Waals surface area contributed by atoms with Gasteiger partial charge < -0.3 is 4.74 Å². The summed E-state index contributed by atoms with van der Waals surface area (Å²) in [6.07, 6.45) is 12.1. The second-order valence-corrected chi connectivity index (χ2v) is 12.3. The van der Waals surface area contributed by atoms with Crippen molar-refractivity contribution in [3.05, 3.63) is 0 Å². The molecule has 0 bridgehead atoms. The standard InChI is InChI=1S/C30H50O3/c1-4-5-6-7-8-9-10-11-12-28(32)33-27-16-15-25-24-14-13-22-21-23(31)17-19-29(22,2)26(24)18-20-30(25,27)3/h22,24-27H,4-21H2,1-3H3/t22-,24-,25-,26-,27-,29-,30-/m0/s1/i16D2,27D. The number of ketones is 1. The summed E-state index contributed by atoms with van der Waals surface area (Å²) in [7, 11) is 0. The highest BCUT2D eigenvalue weighted by Gasteiger charge is 2.61. The largest absolute Gasteiger partial charge is 0.462 e. The van der Waals surface area contributed by atoms with E-state index in [2.05, 4.69) is 13.8 Å². The van der Waals surface area contributed by atoms with Gasteiger partial charge in [0, 0.05) is 27.4 Å². The van der Waals surface area contributed by atoms with E-state index in [1.54, 1.807) is 0 Å². The molecule has 0 aromatic heterocycles. The van der Waals surface area contributed by atoms with Crippen LogP contribution in [0.5, 0.6) is 0 Å². The van der Waals surface area contributed by atoms with E-state index in [-0.39, 0.29) is 17.8 Å². The lowest BCUT2D eigenvalue weighted by Crippen LogP contribution is -2.54. The molecule has 4 rings (SSSR count). The molecule has 3 heteroatoms. The summed E-state index contributed by atoms with van der Waals surface area (Å²) in [6, 6.07) is 0. The zero-order valence-electron chi connectivity index (χ0n) is 24.6. The maximum absolute atomic E-state index is 12.9. The van der Waals surface area contributed by atoms with Crippen LogP contribution < -0.4 is 0 Å². The van der Waals surface area contributed by atoms with Crippen LogP contribution in [0.4, 0.5) is 0 Å². The van der Waals surface area contributed by atoms with E-state index in [0.717, 1.165) is 51.4 Å². The van der Waals surface area contributed by atoms with Gasteiger partial charge in [-0.25, -0.2) is 0 Å². The Labute approximate surface area is 207 Å². The van der Waals surface area contributed by atoms with Crippen LogP contribution in [0, 0.1) is 34.5 Å². The lowest BCUT2D eigenvalue weighted by atomic mass is 9.45. The van der Waals surface area contributed by atoms with Crippen molar-refractivity contribution in [1.82, 2.24) is 0 Å². The summed E-state index contributed by atoms with van der Waals surface area (Å²) >= 11 is 0. The Bertz CT molecular complexity index is 815. The molecule has 0 aromatic carbocycles. The lowest BCUT2D eigenvalue weighted by molar-refractivity contribution is -0.164. The number of carbonyl (C=O) groups is 2. The number of hydrogen-bond donors (Lipinski definition) is 0. The Balaban J connectivity index is 1.39. The molecule has 0 N–H and O–H groups in total. The first kappa shape index (κ1) is 21.4. The first-order valence-corrected chi connectivity index (χ1v) is 14.2. The number of ether oxygens (including phenoxy) is 1. The van der Waals surface area contributed by atoms with E-state index in [4.69, 9.17) is 7.48 Å². The van der Waals surface area contributed by atoms with Gasteiger partial charge in [0.2, 0.25) is 0 Å². The molecule has 0 aliphatic heterocycles. The van der Waals surface area contributed by atoms with Gasteiger partial charge in [-0.2, -0.15) is 0 Å². The number of fused-ring (bicyclic) bond motifs is 5. The highest BCUT2D eigenvalue weighted by molar-refractivity contribution is 5.79. The first-order valence-electron chi connectivity index (χ1n) is 15.7. The van der Waals surface area contributed by atoms with Gasteiger partial charge in [-0.1, -0.05) is 65.7 Å². The van der Waals surface area contributed by atoms with Gasteiger partial charge in [0.05, 0.1) is 1.37 Å². The third-order valence-electron chi connectivity index (χ3n) is 10.3. The number of rotatable bonds is 10. The van der Waals surface area contributed by atoms with Gasteiger partial charge in [-0.15, -0.1) is 0 Å². The van der Waals surface area contributed by atoms with E-state index in [1.807, 2.05) is 6.92 Å². The third kappa shape index (κ3) is 5.22. The van der Waals surface area contributed by atoms with Crippen molar-refractivity contribution in [1.29, 1.82) is 0 Å². The van der Waals surface area contributed by atoms with Gasteiger partial charge in [-0.05, 0) is 80.4 Å². The quantitative estimate of drug-likeness (QED) is 0.244. The Kier molecular flexibility index (Phi) is 7.02. The van der Waals surface area contributed by atoms with E-state index >= 15 is 0 Å². The average molecular weight is 462 g/mol. The molecule has 4 fully saturated rings. The molecule has 0 radical (unpaired) electrons. The van der Waals surface area contributed by atoms with Crippen LogP contribution in [0.15, 0.2) is 0 Å². The van der Waals surface area contributed by atoms with Crippen molar-refractivity contribution in [2.45, 2.75) is 142 Å². The molecule has 4 aliphatic carbocycles. The zero-order valence-corrected chi connectivity index (χ0v) is 21.6. The van der Waals surface area contributed by atoms with Crippen LogP contribution in [-0.4, -0.2) is 17.8 Å². The maximum atomic E-state index is 12.9. The van der Waals surface area contributed by atoms with Crippen LogP contribution in [0.1, 0.15) is 140 Å². The van der Waals surface area contributed by atoms with Crippen LogP contribution in [0.2, 0.25) is 0 Å². The number of Topliss-reactive ketones (excluding diaryl/α,β-unsaturated/α-hetero) is 1. The monoisotopic (exact) mass is 461 g/mol. The molecular weight excluding hydrogens is 408 g/mol. The summed E-state index contributed by atoms with van der Waals surface area (Å²) in [6.45, 7) is 6.63. The Morgan fingerprint density at radius 1 is 0.970 bits per heavy atom. The lowest BCUT2D eigenvalue weighted by Gasteiger charge is -2.60. The Morgan fingerprint density at radius 2 is 1.67 bits per heavy atom. The molecule has 0 spiro atoms. The second-order valence-electron chi connectivity index (χ2n) is 12.3. The highest BCUT2D eigenvalue weighted by Crippen LogP contribution is 2.66. The van der Waals surface area contributed by atoms with Gasteiger partial charge in [0.15, 0.2) is 0 Å². The fraction of sp³-hybridized carbons (Fsp3) is 0.933. The molecule has 33 heavy (non-hydrogen) atoms. The van der Waals surface area contributed by atoms with Crippen molar-refractivity contribution in [2.75, 3.05) is 0 Å². The molecule has 188 valence electrons. The molecule has 3 nitrogen and oxygen atoms in total. The Hall–Kier alpha value is -0.860. The summed E-state index contributed by atoms with van der Waals surface area (Å²) in [5, 5.41) is 0. The predicted octanol–water partition coefficient (Wildman–Crippen LogP) is 8.04. The minimum absolute atomic E-state index is 0.0510. The zero-order chi connectivity index (χ0) is 26.2. The second kappa shape index (κ2) is 10.8. The average Bonchev–Trinajstić information content (AvgIpc) is 2.98. The molecule has 0 amide bonds. The van der Waals surface area contributed by atoms with E-state index < -0.39 is 23.8 Å². The molecule has 7 atom stereocenters. The van der Waals surface area contributed by atoms with Crippen molar-refractivity contribution in [2.24, 2.45) is 34.5 Å². The van der Waals surface area contributed by atoms with Gasteiger partial charge in [0.1, 0.15) is 11.9 Å². The Morgan fingerprint density at radius 3 is 2.42 bits per heavy atom. The summed E-state index contributed by atoms with van der Waals surface area (Å²) in [5.41, 5.74) is -0.522. The summed E-state index contributed by atoms with van der Waals surface area (Å²) in [5.74, 6) is 1.34. The minimum Gasteiger partial charge on any atom is -0.462 e. The third-order valence-corrected chi connectivity index (χ3v) is 10.3. The van der Waals surface area contributed by atoms with Crippen molar-refractivity contribution in [3.63, 3.8) is 0 Å². The maximum Gasteiger partial charge on any atom is 0.306 e. The summed E-state index contributed by atoms with van der Waals surface area (Å²) < 4.78 is 33.0. The molecule has 0 saturated heterocycles. The van der Waals surface area contributed by atoms with Crippen LogP contribution >= 0.6 is 0 Å². The number of esters is 1. The van der Waals surface area contributed by atoms with Crippen molar-refractivity contribution in [3.8, 4) is 0 Å². The van der Waals surface area contributed by atoms with Gasteiger partial charge >= 0.3 is 5.97 Å². The predicted molar refractivity (Wildman–Crippen MR) is 134 cm³/mol. The number of unbranched alkanes of at least 4 members (excludes halogenated alkanes) is 7. The fourth-order valence-corrected chi connectivity index (χ4v) is 8.15. The fourth-order valence-electron chi connectivity index (χ4n) is 8.15. The smallest absolute Gasteiger partial charge is 0.306 e. The van der Waals surface area contributed by atoms with Crippen LogP contribution in [-0.2, 0) is 14.3 Å². The normalized spacial score (nSPS) is 45.2. The van der Waals surface area contributed by atoms with E-state index in [0.29, 0.717) is 42.8 Å². The molecule has 4 saturated carbocycles. The molecule has 4 aliphatic rings. The highest BCUT2D eigenvalue weighted by atomic mass is 16.5. The number of hydrogen-bond acceptors (Lipinski definition) is 3. The number of carbonyl (C=O) groups excluding carboxylic acids is 2. The minimum atomic E-state index is -1.85. The molecule has 0 aromatic rings. The van der Waals surface area contributed by atoms with E-state index in [9.17, 15) is 11.0 Å². The van der Waals surface area contributed by atoms with Gasteiger partial charge in [-0.3, -0.25) is 9.59 Å². The van der Waals surface area contributed by atoms with Crippen molar-refractivity contribution < 1.29 is 18.4 Å². The van der Waals surface area contributed by atoms with Crippen LogP contribution in [0.3, 0.4) is 0 Å². The molecule has 0 unspecified atom stereocenters. The van der Waals surface area contributed by atoms with Crippen molar-refractivity contribution >= 4 is 11.8 Å². The van der Waals surface area contributed by atoms with Gasteiger partial charge in [0.25, 0.3) is 0 Å². The first-order chi connectivity index (χ1) is 17.0. The molecular formula is C30H50O3. The molecule has 0 heterocycles. The SMILES string of the molecule is [2H]C1([2H])C[C@H]2[C@@H]3CC[C@H]4CC(=O)CC[C@]4(C)[C@H]3CC[C@]2(C)[C@@]1([2H])OC(=O)CCCCCCCCCC. The van der Waals surface area contributed by atoms with Crippen LogP contribution in [0.25, 0.3) is 0 Å². The summed E-state index contributed by atoms with van der Waals surface area (Å²) in [4.78, 5) is 25.1.